The molecule has 4 aromatic carbocycles. The van der Waals surface area contributed by atoms with E-state index in [-0.39, 0.29) is 11.9 Å². The minimum absolute atomic E-state index is 0.263. The Bertz CT molecular complexity index is 2060. The van der Waals surface area contributed by atoms with Crippen molar-refractivity contribution in [2.45, 2.75) is 12.0 Å². The van der Waals surface area contributed by atoms with E-state index >= 15 is 0 Å². The number of aromatic nitrogens is 4. The molecule has 0 saturated heterocycles. The molecule has 2 N–H and O–H groups in total. The van der Waals surface area contributed by atoms with Crippen LogP contribution in [0.4, 0.5) is 0 Å². The maximum absolute atomic E-state index is 12.8. The molecule has 0 bridgehead atoms. The lowest BCUT2D eigenvalue weighted by atomic mass is 9.96. The molecule has 2 unspecified atom stereocenters. The number of carbonyl (C=O) groups is 2. The number of benzene rings is 4. The van der Waals surface area contributed by atoms with E-state index in [9.17, 15) is 9.59 Å². The molecule has 0 spiro atoms. The number of esters is 2. The summed E-state index contributed by atoms with van der Waals surface area (Å²) >= 11 is 0. The fourth-order valence-corrected chi connectivity index (χ4v) is 5.31. The number of carbonyl (C=O) groups excluding carboxylic acids is 2. The first-order valence-corrected chi connectivity index (χ1v) is 14.8. The standard InChI is InChI=1S/C38H28N4O4/c43-37(25-12-3-1-4-13-25)45-33-20-9-7-18-29(33)35-39-23-31(41-35)27-16-11-17-28(22-27)32-24-40-36(42-32)30-19-8-10-21-34(30)46-38(44)26-14-5-2-6-15-26/h1-24,29,33H,(H,39,41)(H,40,42). The summed E-state index contributed by atoms with van der Waals surface area (Å²) in [4.78, 5) is 41.6. The topological polar surface area (TPSA) is 110 Å². The molecule has 7 rings (SSSR count). The van der Waals surface area contributed by atoms with Gasteiger partial charge in [-0.25, -0.2) is 19.6 Å². The molecule has 0 amide bonds. The Labute approximate surface area is 265 Å². The molecule has 8 heteroatoms. The van der Waals surface area contributed by atoms with Gasteiger partial charge in [0, 0.05) is 11.1 Å². The third-order valence-corrected chi connectivity index (χ3v) is 7.66. The number of allylic oxidation sites excluding steroid dienone is 2. The molecule has 1 aliphatic rings. The van der Waals surface area contributed by atoms with Gasteiger partial charge in [0.05, 0.1) is 46.4 Å². The van der Waals surface area contributed by atoms with Crippen LogP contribution >= 0.6 is 0 Å². The van der Waals surface area contributed by atoms with E-state index in [0.717, 1.165) is 22.5 Å². The molecule has 46 heavy (non-hydrogen) atoms. The lowest BCUT2D eigenvalue weighted by molar-refractivity contribution is 0.0364. The zero-order valence-corrected chi connectivity index (χ0v) is 24.5. The van der Waals surface area contributed by atoms with Gasteiger partial charge >= 0.3 is 11.9 Å². The summed E-state index contributed by atoms with van der Waals surface area (Å²) < 4.78 is 11.6. The Morgan fingerprint density at radius 1 is 0.630 bits per heavy atom. The van der Waals surface area contributed by atoms with Crippen LogP contribution in [-0.2, 0) is 4.74 Å². The summed E-state index contributed by atoms with van der Waals surface area (Å²) in [6.45, 7) is 0. The first-order chi connectivity index (χ1) is 22.6. The smallest absolute Gasteiger partial charge is 0.343 e. The van der Waals surface area contributed by atoms with Gasteiger partial charge in [0.15, 0.2) is 0 Å². The van der Waals surface area contributed by atoms with Crippen LogP contribution < -0.4 is 4.74 Å². The van der Waals surface area contributed by atoms with Crippen molar-refractivity contribution in [1.82, 2.24) is 19.9 Å². The number of nitrogens with one attached hydrogen (secondary N) is 2. The zero-order chi connectivity index (χ0) is 31.3. The van der Waals surface area contributed by atoms with Crippen molar-refractivity contribution < 1.29 is 19.1 Å². The number of aromatic amines is 2. The van der Waals surface area contributed by atoms with Crippen molar-refractivity contribution in [3.8, 4) is 39.7 Å². The first-order valence-electron chi connectivity index (χ1n) is 14.8. The second-order valence-corrected chi connectivity index (χ2v) is 10.7. The molecular weight excluding hydrogens is 576 g/mol. The highest BCUT2D eigenvalue weighted by atomic mass is 16.5. The summed E-state index contributed by atoms with van der Waals surface area (Å²) in [7, 11) is 0. The number of imidazole rings is 2. The van der Waals surface area contributed by atoms with Crippen molar-refractivity contribution in [1.29, 1.82) is 0 Å². The Balaban J connectivity index is 1.10. The third kappa shape index (κ3) is 6.05. The summed E-state index contributed by atoms with van der Waals surface area (Å²) in [5, 5.41) is 0. The Morgan fingerprint density at radius 3 is 2.02 bits per heavy atom. The van der Waals surface area contributed by atoms with Gasteiger partial charge in [0.25, 0.3) is 0 Å². The SMILES string of the molecule is O=C(Oc1ccccc1-c1ncc(-c2cccc(-c3cnc(C4C=CC=CC4OC(=O)c4ccccc4)[nH]3)c2)[nH]1)c1ccccc1. The Morgan fingerprint density at radius 2 is 1.26 bits per heavy atom. The minimum Gasteiger partial charge on any atom is -0.453 e. The van der Waals surface area contributed by atoms with Gasteiger partial charge in [-0.2, -0.15) is 0 Å². The molecular formula is C38H28N4O4. The van der Waals surface area contributed by atoms with Crippen molar-refractivity contribution in [3.63, 3.8) is 0 Å². The number of H-pyrrole nitrogens is 2. The normalized spacial score (nSPS) is 15.4. The summed E-state index contributed by atoms with van der Waals surface area (Å²) in [5.74, 6) is 0.597. The monoisotopic (exact) mass is 604 g/mol. The van der Waals surface area contributed by atoms with Gasteiger partial charge in [-0.1, -0.05) is 85.0 Å². The van der Waals surface area contributed by atoms with Crippen LogP contribution in [-0.4, -0.2) is 38.0 Å². The van der Waals surface area contributed by atoms with Crippen LogP contribution in [0.25, 0.3) is 33.9 Å². The van der Waals surface area contributed by atoms with Crippen LogP contribution in [0.15, 0.2) is 146 Å². The maximum atomic E-state index is 12.8. The van der Waals surface area contributed by atoms with E-state index in [2.05, 4.69) is 19.9 Å². The second kappa shape index (κ2) is 12.8. The Hall–Kier alpha value is -6.28. The number of hydrogen-bond acceptors (Lipinski definition) is 6. The summed E-state index contributed by atoms with van der Waals surface area (Å²) in [5.41, 5.74) is 5.11. The van der Waals surface area contributed by atoms with E-state index < -0.39 is 12.1 Å². The van der Waals surface area contributed by atoms with Crippen LogP contribution in [0, 0.1) is 0 Å². The number of nitrogens with zero attached hydrogens (tertiary/aromatic N) is 2. The zero-order valence-electron chi connectivity index (χ0n) is 24.5. The number of ether oxygens (including phenoxy) is 2. The van der Waals surface area contributed by atoms with E-state index in [0.29, 0.717) is 34.1 Å². The van der Waals surface area contributed by atoms with E-state index in [4.69, 9.17) is 9.47 Å². The highest BCUT2D eigenvalue weighted by Crippen LogP contribution is 2.32. The quantitative estimate of drug-likeness (QED) is 0.136. The average molecular weight is 605 g/mol. The highest BCUT2D eigenvalue weighted by molar-refractivity contribution is 5.92. The third-order valence-electron chi connectivity index (χ3n) is 7.66. The summed E-state index contributed by atoms with van der Waals surface area (Å²) in [6.07, 6.45) is 10.7. The molecule has 224 valence electrons. The second-order valence-electron chi connectivity index (χ2n) is 10.7. The van der Waals surface area contributed by atoms with Gasteiger partial charge in [-0.05, 0) is 48.5 Å². The molecule has 0 fully saturated rings. The van der Waals surface area contributed by atoms with Crippen LogP contribution in [0.1, 0.15) is 32.5 Å². The van der Waals surface area contributed by atoms with Crippen molar-refractivity contribution in [2.24, 2.45) is 0 Å². The molecule has 1 aliphatic carbocycles. The molecule has 8 nitrogen and oxygen atoms in total. The van der Waals surface area contributed by atoms with Crippen LogP contribution in [0.3, 0.4) is 0 Å². The molecule has 6 aromatic rings. The van der Waals surface area contributed by atoms with Crippen LogP contribution in [0.2, 0.25) is 0 Å². The van der Waals surface area contributed by atoms with Crippen molar-refractivity contribution >= 4 is 11.9 Å². The lowest BCUT2D eigenvalue weighted by Crippen LogP contribution is -2.24. The largest absolute Gasteiger partial charge is 0.453 e. The van der Waals surface area contributed by atoms with E-state index in [1.54, 1.807) is 54.9 Å². The molecule has 2 atom stereocenters. The molecule has 0 aliphatic heterocycles. The molecule has 0 radical (unpaired) electrons. The van der Waals surface area contributed by atoms with Gasteiger partial charge in [-0.3, -0.25) is 0 Å². The van der Waals surface area contributed by atoms with Crippen molar-refractivity contribution in [2.75, 3.05) is 0 Å². The van der Waals surface area contributed by atoms with E-state index in [1.807, 2.05) is 91.0 Å². The maximum Gasteiger partial charge on any atom is 0.343 e. The molecule has 2 aromatic heterocycles. The van der Waals surface area contributed by atoms with Crippen molar-refractivity contribution in [3.05, 3.63) is 163 Å². The van der Waals surface area contributed by atoms with Gasteiger partial charge in [0.1, 0.15) is 23.5 Å². The average Bonchev–Trinajstić information content (AvgIpc) is 3.81. The fourth-order valence-electron chi connectivity index (χ4n) is 5.31. The lowest BCUT2D eigenvalue weighted by Gasteiger charge is -2.22. The first kappa shape index (κ1) is 28.5. The van der Waals surface area contributed by atoms with E-state index in [1.165, 1.54) is 0 Å². The molecule has 2 heterocycles. The number of rotatable bonds is 8. The number of hydrogen-bond donors (Lipinski definition) is 2. The molecule has 0 saturated carbocycles. The van der Waals surface area contributed by atoms with Gasteiger partial charge in [0.2, 0.25) is 0 Å². The highest BCUT2D eigenvalue weighted by Gasteiger charge is 2.27. The van der Waals surface area contributed by atoms with Gasteiger partial charge < -0.3 is 19.4 Å². The number of para-hydroxylation sites is 1. The van der Waals surface area contributed by atoms with Crippen LogP contribution in [0.5, 0.6) is 5.75 Å². The summed E-state index contributed by atoms with van der Waals surface area (Å²) in [6, 6.07) is 33.1. The predicted octanol–water partition coefficient (Wildman–Crippen LogP) is 7.79. The predicted molar refractivity (Wildman–Crippen MR) is 175 cm³/mol. The Kier molecular flexibility index (Phi) is 7.90. The van der Waals surface area contributed by atoms with Gasteiger partial charge in [-0.15, -0.1) is 0 Å². The minimum atomic E-state index is -0.499. The fraction of sp³-hybridized carbons (Fsp3) is 0.0526.